The van der Waals surface area contributed by atoms with Gasteiger partial charge in [-0.25, -0.2) is 0 Å². The second kappa shape index (κ2) is 4.76. The third-order valence-electron chi connectivity index (χ3n) is 2.21. The predicted molar refractivity (Wildman–Crippen MR) is 53.7 cm³/mol. The third-order valence-corrected chi connectivity index (χ3v) is 2.21. The molecule has 78 valence electrons. The molecule has 0 bridgehead atoms. The Morgan fingerprint density at radius 1 is 1.71 bits per heavy atom. The summed E-state index contributed by atoms with van der Waals surface area (Å²) >= 11 is 0. The largest absolute Gasteiger partial charge is 0.351 e. The van der Waals surface area contributed by atoms with Crippen molar-refractivity contribution in [3.63, 3.8) is 0 Å². The molecule has 0 aromatic carbocycles. The number of carbonyl (C=O) groups excluding carboxylic acids is 1. The van der Waals surface area contributed by atoms with Crippen molar-refractivity contribution in [1.82, 2.24) is 20.8 Å². The first-order chi connectivity index (χ1) is 6.65. The summed E-state index contributed by atoms with van der Waals surface area (Å²) in [6.45, 7) is 4.26. The lowest BCUT2D eigenvalue weighted by atomic mass is 10.2. The Balaban J connectivity index is 2.41. The van der Waals surface area contributed by atoms with E-state index in [0.717, 1.165) is 11.3 Å². The fraction of sp³-hybridized carbons (Fsp3) is 0.556. The number of H-pyrrole nitrogens is 1. The molecule has 1 amide bonds. The van der Waals surface area contributed by atoms with E-state index in [9.17, 15) is 4.79 Å². The summed E-state index contributed by atoms with van der Waals surface area (Å²) < 4.78 is 0. The zero-order valence-corrected chi connectivity index (χ0v) is 8.72. The maximum absolute atomic E-state index is 11.4. The molecule has 0 saturated heterocycles. The lowest BCUT2D eigenvalue weighted by Gasteiger charge is -2.10. The minimum absolute atomic E-state index is 0.00639. The lowest BCUT2D eigenvalue weighted by molar-refractivity contribution is -0.122. The normalized spacial score (nSPS) is 12.5. The number of aryl methyl sites for hydroxylation is 1. The van der Waals surface area contributed by atoms with E-state index in [-0.39, 0.29) is 11.9 Å². The number of rotatable bonds is 4. The molecule has 1 unspecified atom stereocenters. The van der Waals surface area contributed by atoms with Gasteiger partial charge in [0.15, 0.2) is 0 Å². The van der Waals surface area contributed by atoms with Crippen LogP contribution >= 0.6 is 0 Å². The molecule has 0 radical (unpaired) electrons. The first-order valence-electron chi connectivity index (χ1n) is 4.59. The fourth-order valence-electron chi connectivity index (χ4n) is 1.02. The molecule has 5 nitrogen and oxygen atoms in total. The highest BCUT2D eigenvalue weighted by atomic mass is 16.2. The maximum atomic E-state index is 11.4. The Hall–Kier alpha value is -1.36. The van der Waals surface area contributed by atoms with Crippen LogP contribution in [-0.2, 0) is 11.3 Å². The van der Waals surface area contributed by atoms with E-state index in [2.05, 4.69) is 20.8 Å². The maximum Gasteiger partial charge on any atom is 0.237 e. The zero-order valence-electron chi connectivity index (χ0n) is 8.72. The van der Waals surface area contributed by atoms with Crippen molar-refractivity contribution >= 4 is 5.91 Å². The average Bonchev–Trinajstić information content (AvgIpc) is 2.59. The van der Waals surface area contributed by atoms with Gasteiger partial charge in [-0.05, 0) is 20.9 Å². The van der Waals surface area contributed by atoms with Crippen LogP contribution in [0.5, 0.6) is 0 Å². The van der Waals surface area contributed by atoms with Crippen molar-refractivity contribution in [3.05, 3.63) is 17.5 Å². The van der Waals surface area contributed by atoms with E-state index in [1.165, 1.54) is 0 Å². The molecule has 1 aromatic heterocycles. The van der Waals surface area contributed by atoms with Crippen LogP contribution in [0.3, 0.4) is 0 Å². The number of amides is 1. The minimum Gasteiger partial charge on any atom is -0.351 e. The van der Waals surface area contributed by atoms with Gasteiger partial charge >= 0.3 is 0 Å². The number of likely N-dealkylation sites (N-methyl/N-ethyl adjacent to an activating group) is 1. The Labute approximate surface area is 83.3 Å². The highest BCUT2D eigenvalue weighted by Gasteiger charge is 2.09. The zero-order chi connectivity index (χ0) is 10.6. The summed E-state index contributed by atoms with van der Waals surface area (Å²) in [6, 6.07) is -0.165. The molecule has 0 aliphatic rings. The molecule has 0 aliphatic carbocycles. The van der Waals surface area contributed by atoms with Gasteiger partial charge in [0.1, 0.15) is 0 Å². The summed E-state index contributed by atoms with van der Waals surface area (Å²) in [5.41, 5.74) is 2.00. The lowest BCUT2D eigenvalue weighted by Crippen LogP contribution is -2.40. The van der Waals surface area contributed by atoms with Gasteiger partial charge < -0.3 is 10.6 Å². The average molecular weight is 196 g/mol. The van der Waals surface area contributed by atoms with E-state index in [1.807, 2.05) is 13.8 Å². The van der Waals surface area contributed by atoms with Crippen molar-refractivity contribution in [1.29, 1.82) is 0 Å². The first kappa shape index (κ1) is 10.7. The molecule has 0 saturated carbocycles. The van der Waals surface area contributed by atoms with Crippen molar-refractivity contribution in [2.24, 2.45) is 0 Å². The molecule has 0 fully saturated rings. The molecule has 3 N–H and O–H groups in total. The van der Waals surface area contributed by atoms with Crippen molar-refractivity contribution in [2.45, 2.75) is 26.4 Å². The van der Waals surface area contributed by atoms with Gasteiger partial charge in [0.25, 0.3) is 0 Å². The molecule has 1 heterocycles. The van der Waals surface area contributed by atoms with Crippen LogP contribution in [0.4, 0.5) is 0 Å². The van der Waals surface area contributed by atoms with E-state index < -0.39 is 0 Å². The number of hydrogen-bond acceptors (Lipinski definition) is 3. The number of nitrogens with zero attached hydrogens (tertiary/aromatic N) is 1. The number of aromatic amines is 1. The highest BCUT2D eigenvalue weighted by Crippen LogP contribution is 2.01. The fourth-order valence-corrected chi connectivity index (χ4v) is 1.02. The van der Waals surface area contributed by atoms with Crippen LogP contribution in [0.2, 0.25) is 0 Å². The quantitative estimate of drug-likeness (QED) is 0.632. The molecule has 1 rings (SSSR count). The van der Waals surface area contributed by atoms with Crippen molar-refractivity contribution < 1.29 is 4.79 Å². The molecular formula is C9H16N4O. The van der Waals surface area contributed by atoms with E-state index in [0.29, 0.717) is 6.54 Å². The van der Waals surface area contributed by atoms with Crippen molar-refractivity contribution in [3.8, 4) is 0 Å². The Morgan fingerprint density at radius 3 is 2.93 bits per heavy atom. The monoisotopic (exact) mass is 196 g/mol. The summed E-state index contributed by atoms with van der Waals surface area (Å²) in [5.74, 6) is -0.00639. The first-order valence-corrected chi connectivity index (χ1v) is 4.59. The molecule has 0 aliphatic heterocycles. The molecular weight excluding hydrogens is 180 g/mol. The van der Waals surface area contributed by atoms with Gasteiger partial charge in [0.05, 0.1) is 12.2 Å². The van der Waals surface area contributed by atoms with Crippen LogP contribution in [0.15, 0.2) is 6.20 Å². The summed E-state index contributed by atoms with van der Waals surface area (Å²) in [6.07, 6.45) is 1.72. The van der Waals surface area contributed by atoms with Gasteiger partial charge in [0, 0.05) is 17.8 Å². The van der Waals surface area contributed by atoms with E-state index in [1.54, 1.807) is 13.2 Å². The van der Waals surface area contributed by atoms with Crippen LogP contribution in [0.1, 0.15) is 18.2 Å². The van der Waals surface area contributed by atoms with Gasteiger partial charge in [-0.1, -0.05) is 0 Å². The van der Waals surface area contributed by atoms with Gasteiger partial charge in [0.2, 0.25) is 5.91 Å². The Bertz CT molecular complexity index is 308. The molecule has 0 spiro atoms. The summed E-state index contributed by atoms with van der Waals surface area (Å²) in [4.78, 5) is 11.4. The van der Waals surface area contributed by atoms with Gasteiger partial charge in [-0.3, -0.25) is 9.89 Å². The summed E-state index contributed by atoms with van der Waals surface area (Å²) in [5, 5.41) is 12.4. The second-order valence-electron chi connectivity index (χ2n) is 3.25. The standard InChI is InChI=1S/C9H16N4O/c1-6-8(5-12-13-6)4-11-9(14)7(2)10-3/h5,7,10H,4H2,1-3H3,(H,11,14)(H,12,13). The van der Waals surface area contributed by atoms with Gasteiger partial charge in [-0.2, -0.15) is 5.10 Å². The van der Waals surface area contributed by atoms with E-state index in [4.69, 9.17) is 0 Å². The number of hydrogen-bond donors (Lipinski definition) is 3. The number of nitrogens with one attached hydrogen (secondary N) is 3. The highest BCUT2D eigenvalue weighted by molar-refractivity contribution is 5.81. The number of carbonyl (C=O) groups is 1. The predicted octanol–water partition coefficient (Wildman–Crippen LogP) is -0.0578. The Kier molecular flexibility index (Phi) is 3.64. The van der Waals surface area contributed by atoms with Crippen LogP contribution in [0.25, 0.3) is 0 Å². The van der Waals surface area contributed by atoms with Crippen molar-refractivity contribution in [2.75, 3.05) is 7.05 Å². The van der Waals surface area contributed by atoms with Crippen LogP contribution < -0.4 is 10.6 Å². The minimum atomic E-state index is -0.165. The van der Waals surface area contributed by atoms with Gasteiger partial charge in [-0.15, -0.1) is 0 Å². The van der Waals surface area contributed by atoms with E-state index >= 15 is 0 Å². The third kappa shape index (κ3) is 2.56. The summed E-state index contributed by atoms with van der Waals surface area (Å²) in [7, 11) is 1.76. The SMILES string of the molecule is CNC(C)C(=O)NCc1cn[nH]c1C. The topological polar surface area (TPSA) is 69.8 Å². The molecule has 14 heavy (non-hydrogen) atoms. The molecule has 1 aromatic rings. The molecule has 5 heteroatoms. The molecule has 1 atom stereocenters. The smallest absolute Gasteiger partial charge is 0.237 e. The number of aromatic nitrogens is 2. The van der Waals surface area contributed by atoms with Crippen LogP contribution in [0, 0.1) is 6.92 Å². The van der Waals surface area contributed by atoms with Crippen LogP contribution in [-0.4, -0.2) is 29.2 Å². The Morgan fingerprint density at radius 2 is 2.43 bits per heavy atom. The second-order valence-corrected chi connectivity index (χ2v) is 3.25.